The van der Waals surface area contributed by atoms with Crippen LogP contribution in [0, 0.1) is 0 Å². The summed E-state index contributed by atoms with van der Waals surface area (Å²) in [7, 11) is -2.86. The molecule has 0 fully saturated rings. The van der Waals surface area contributed by atoms with Crippen LogP contribution in [0.3, 0.4) is 0 Å². The molecule has 0 N–H and O–H groups in total. The number of fused-ring (bicyclic) bond motifs is 6. The molecular formula is C58H42BF2N3S2. The lowest BCUT2D eigenvalue weighted by Gasteiger charge is -2.22. The van der Waals surface area contributed by atoms with Crippen LogP contribution in [0.1, 0.15) is 60.4 Å². The van der Waals surface area contributed by atoms with Crippen LogP contribution in [0.5, 0.6) is 0 Å². The summed E-state index contributed by atoms with van der Waals surface area (Å²) >= 11 is 3.08. The standard InChI is InChI=1S/C58H42BF2N3S2/c1-57(2)47-13-7-5-11-41(47)43-27-25-39(31-49(43)57)35-17-21-37(22-18-35)51-33-45(53-15-9-29-65-53)55(62-51)63-56-46(54-16-10-30-66-54)34-52(64(56)59(60)61)38-23-19-36(20-24-38)40-26-28-44-42-12-6-8-14-48(42)58(3,4)50(44)32-40/h5-34H,1-4H3/b63-55-. The molecule has 3 aliphatic rings. The van der Waals surface area contributed by atoms with Gasteiger partial charge in [-0.1, -0.05) is 161 Å². The minimum Gasteiger partial charge on any atom is -0.309 e. The lowest BCUT2D eigenvalue weighted by atomic mass is 9.81. The maximum absolute atomic E-state index is 15.7. The summed E-state index contributed by atoms with van der Waals surface area (Å²) in [6, 6.07) is 57.0. The second-order valence-corrected chi connectivity index (χ2v) is 20.3. The number of benzene rings is 6. The van der Waals surface area contributed by atoms with Gasteiger partial charge < -0.3 is 4.48 Å². The zero-order valence-corrected chi connectivity index (χ0v) is 38.4. The largest absolute Gasteiger partial charge is 0.679 e. The summed E-state index contributed by atoms with van der Waals surface area (Å²) in [5.74, 6) is 0.574. The number of rotatable bonds is 8. The Labute approximate surface area is 392 Å². The van der Waals surface area contributed by atoms with Gasteiger partial charge in [0.2, 0.25) is 0 Å². The Bertz CT molecular complexity index is 3480. The first kappa shape index (κ1) is 40.5. The molecule has 0 bridgehead atoms. The van der Waals surface area contributed by atoms with Gasteiger partial charge in [0.15, 0.2) is 5.84 Å². The average molecular weight is 894 g/mol. The van der Waals surface area contributed by atoms with Gasteiger partial charge in [0.05, 0.1) is 5.71 Å². The topological polar surface area (TPSA) is 29.6 Å². The summed E-state index contributed by atoms with van der Waals surface area (Å²) < 4.78 is 32.4. The third-order valence-corrected chi connectivity index (χ3v) is 15.7. The maximum atomic E-state index is 15.7. The first-order valence-corrected chi connectivity index (χ1v) is 24.0. The molecule has 9 aromatic rings. The van der Waals surface area contributed by atoms with E-state index in [1.54, 1.807) is 11.3 Å². The van der Waals surface area contributed by atoms with E-state index in [2.05, 4.69) is 137 Å². The van der Waals surface area contributed by atoms with E-state index in [0.29, 0.717) is 22.7 Å². The number of allylic oxidation sites excluding steroid dienone is 1. The van der Waals surface area contributed by atoms with Crippen LogP contribution in [0.2, 0.25) is 0 Å². The van der Waals surface area contributed by atoms with Crippen LogP contribution in [0.4, 0.5) is 14.4 Å². The molecule has 3 nitrogen and oxygen atoms in total. The minimum absolute atomic E-state index is 0.0902. The summed E-state index contributed by atoms with van der Waals surface area (Å²) in [5.41, 5.74) is 18.8. The van der Waals surface area contributed by atoms with Crippen molar-refractivity contribution >= 4 is 53.0 Å². The third-order valence-electron chi connectivity index (χ3n) is 13.9. The van der Waals surface area contributed by atoms with Gasteiger partial charge in [-0.15, -0.1) is 22.7 Å². The average Bonchev–Trinajstić information content (AvgIpc) is 4.22. The Kier molecular flexibility index (Phi) is 9.39. The summed E-state index contributed by atoms with van der Waals surface area (Å²) in [4.78, 5) is 12.0. The van der Waals surface area contributed by atoms with Gasteiger partial charge in [-0.05, 0) is 119 Å². The number of hydrogen-bond donors (Lipinski definition) is 0. The molecule has 6 aromatic carbocycles. The van der Waals surface area contributed by atoms with Crippen LogP contribution < -0.4 is 0 Å². The summed E-state index contributed by atoms with van der Waals surface area (Å²) in [6.07, 6.45) is 2.04. The van der Waals surface area contributed by atoms with Crippen molar-refractivity contribution in [3.8, 4) is 66.2 Å². The summed E-state index contributed by atoms with van der Waals surface area (Å²) in [6.45, 7) is 9.15. The number of aromatic nitrogens is 1. The van der Waals surface area contributed by atoms with Crippen molar-refractivity contribution in [1.82, 2.24) is 4.48 Å². The Morgan fingerprint density at radius 3 is 1.50 bits per heavy atom. The van der Waals surface area contributed by atoms with Crippen molar-refractivity contribution in [3.63, 3.8) is 0 Å². The molecule has 66 heavy (non-hydrogen) atoms. The van der Waals surface area contributed by atoms with E-state index in [-0.39, 0.29) is 16.6 Å². The van der Waals surface area contributed by atoms with E-state index in [9.17, 15) is 0 Å². The molecule has 0 saturated carbocycles. The number of amidine groups is 1. The number of aliphatic imine (C=N–C) groups is 2. The second-order valence-electron chi connectivity index (χ2n) is 18.4. The maximum Gasteiger partial charge on any atom is 0.679 e. The fraction of sp³-hybridized carbons (Fsp3) is 0.103. The molecule has 0 amide bonds. The molecule has 0 atom stereocenters. The molecule has 2 aliphatic carbocycles. The van der Waals surface area contributed by atoms with Gasteiger partial charge in [0, 0.05) is 43.0 Å². The highest BCUT2D eigenvalue weighted by Gasteiger charge is 2.37. The van der Waals surface area contributed by atoms with E-state index < -0.39 is 7.40 Å². The van der Waals surface area contributed by atoms with Gasteiger partial charge in [0.1, 0.15) is 5.82 Å². The van der Waals surface area contributed by atoms with E-state index in [0.717, 1.165) is 53.3 Å². The lowest BCUT2D eigenvalue weighted by Crippen LogP contribution is -2.14. The first-order valence-electron chi connectivity index (χ1n) is 22.3. The van der Waals surface area contributed by atoms with E-state index >= 15 is 8.63 Å². The highest BCUT2D eigenvalue weighted by atomic mass is 32.1. The zero-order chi connectivity index (χ0) is 44.9. The molecule has 4 heterocycles. The fourth-order valence-electron chi connectivity index (χ4n) is 10.5. The number of hydrogen-bond acceptors (Lipinski definition) is 3. The van der Waals surface area contributed by atoms with Gasteiger partial charge in [0.25, 0.3) is 0 Å². The van der Waals surface area contributed by atoms with Crippen molar-refractivity contribution in [1.29, 1.82) is 0 Å². The predicted molar refractivity (Wildman–Crippen MR) is 275 cm³/mol. The number of thiophene rings is 2. The normalized spacial score (nSPS) is 15.6. The molecule has 0 radical (unpaired) electrons. The molecule has 0 saturated heterocycles. The molecular weight excluding hydrogens is 852 g/mol. The van der Waals surface area contributed by atoms with E-state index in [1.165, 1.54) is 55.8 Å². The Balaban J connectivity index is 0.907. The zero-order valence-electron chi connectivity index (χ0n) is 36.8. The molecule has 3 aromatic heterocycles. The smallest absolute Gasteiger partial charge is 0.309 e. The quantitative estimate of drug-likeness (QED) is 0.136. The molecule has 0 unspecified atom stereocenters. The molecule has 318 valence electrons. The van der Waals surface area contributed by atoms with Crippen LogP contribution in [-0.4, -0.2) is 23.4 Å². The fourth-order valence-corrected chi connectivity index (χ4v) is 11.9. The van der Waals surface area contributed by atoms with Crippen LogP contribution in [-0.2, 0) is 10.8 Å². The highest BCUT2D eigenvalue weighted by Crippen LogP contribution is 2.51. The number of halogens is 2. The highest BCUT2D eigenvalue weighted by molar-refractivity contribution is 7.13. The predicted octanol–water partition coefficient (Wildman–Crippen LogP) is 16.3. The van der Waals surface area contributed by atoms with Crippen molar-refractivity contribution in [2.75, 3.05) is 0 Å². The molecule has 1 aliphatic heterocycles. The van der Waals surface area contributed by atoms with Crippen LogP contribution in [0.25, 0.3) is 71.8 Å². The van der Waals surface area contributed by atoms with Gasteiger partial charge in [-0.2, -0.15) is 0 Å². The van der Waals surface area contributed by atoms with Crippen LogP contribution >= 0.6 is 22.7 Å². The van der Waals surface area contributed by atoms with Gasteiger partial charge >= 0.3 is 7.40 Å². The molecule has 8 heteroatoms. The first-order chi connectivity index (χ1) is 32.0. The number of nitrogens with zero attached hydrogens (tertiary/aromatic N) is 3. The van der Waals surface area contributed by atoms with Crippen LogP contribution in [0.15, 0.2) is 191 Å². The van der Waals surface area contributed by atoms with E-state index in [4.69, 9.17) is 9.98 Å². The van der Waals surface area contributed by atoms with Gasteiger partial charge in [-0.25, -0.2) is 9.98 Å². The Hall–Kier alpha value is -7.00. The van der Waals surface area contributed by atoms with Gasteiger partial charge in [-0.3, -0.25) is 8.63 Å². The lowest BCUT2D eigenvalue weighted by molar-refractivity contribution is 0.632. The minimum atomic E-state index is -2.86. The monoisotopic (exact) mass is 893 g/mol. The van der Waals surface area contributed by atoms with E-state index in [1.807, 2.05) is 71.4 Å². The second kappa shape index (κ2) is 15.3. The molecule has 0 spiro atoms. The van der Waals surface area contributed by atoms with Crippen molar-refractivity contribution in [2.45, 2.75) is 38.5 Å². The Morgan fingerprint density at radius 2 is 0.970 bits per heavy atom. The SMILES string of the molecule is CC1(C)c2ccccc2-c2ccc(-c3ccc(C4=N/C(=N\c5c(-c6cccs6)cc(-c6ccc(-c7ccc8c(c7)C(C)(C)c7ccccc7-8)cc6)n5B(F)F)C(c5cccs5)=C4)cc3)cc21. The van der Waals surface area contributed by atoms with Crippen molar-refractivity contribution in [3.05, 3.63) is 213 Å². The van der Waals surface area contributed by atoms with Crippen molar-refractivity contribution < 1.29 is 8.63 Å². The summed E-state index contributed by atoms with van der Waals surface area (Å²) in [5, 5.41) is 3.98. The molecule has 12 rings (SSSR count). The third kappa shape index (κ3) is 6.41. The van der Waals surface area contributed by atoms with Crippen molar-refractivity contribution in [2.24, 2.45) is 9.98 Å². The Morgan fingerprint density at radius 1 is 0.485 bits per heavy atom.